The highest BCUT2D eigenvalue weighted by molar-refractivity contribution is 7.86. The molecule has 0 aliphatic carbocycles. The van der Waals surface area contributed by atoms with Crippen LogP contribution >= 0.6 is 0 Å². The van der Waals surface area contributed by atoms with E-state index in [1.807, 2.05) is 0 Å². The van der Waals surface area contributed by atoms with Crippen LogP contribution in [0.4, 0.5) is 17.1 Å². The SMILES string of the molecule is C=Cc1c(C=CC)ccc(N=Nc2c(S(=O)(=O)O)cc3cc(S(=O)(=O)O)cc(NCCC(=O)C(=C)C)c3c2O)c1S(=O)(=O)O. The van der Waals surface area contributed by atoms with Crippen LogP contribution in [0.15, 0.2) is 80.1 Å². The first-order valence-electron chi connectivity index (χ1n) is 12.3. The molecule has 17 heteroatoms. The number of fused-ring (bicyclic) bond motifs is 1. The highest BCUT2D eigenvalue weighted by Gasteiger charge is 2.26. The van der Waals surface area contributed by atoms with Crippen molar-refractivity contribution in [1.29, 1.82) is 0 Å². The summed E-state index contributed by atoms with van der Waals surface area (Å²) in [5.41, 5.74) is -1.06. The second kappa shape index (κ2) is 12.8. The van der Waals surface area contributed by atoms with Crippen molar-refractivity contribution in [3.05, 3.63) is 66.3 Å². The van der Waals surface area contributed by atoms with Crippen molar-refractivity contribution in [2.45, 2.75) is 35.0 Å². The lowest BCUT2D eigenvalue weighted by Crippen LogP contribution is -2.10. The van der Waals surface area contributed by atoms with Crippen molar-refractivity contribution in [2.75, 3.05) is 11.9 Å². The fraction of sp³-hybridized carbons (Fsp3) is 0.148. The van der Waals surface area contributed by atoms with Crippen LogP contribution < -0.4 is 5.32 Å². The molecule has 5 N–H and O–H groups in total. The number of hydrogen-bond acceptors (Lipinski definition) is 11. The molecule has 0 bridgehead atoms. The maximum absolute atomic E-state index is 12.3. The van der Waals surface area contributed by atoms with E-state index in [9.17, 15) is 48.8 Å². The van der Waals surface area contributed by atoms with Gasteiger partial charge in [0.15, 0.2) is 11.5 Å². The Kier molecular flexibility index (Phi) is 9.93. The van der Waals surface area contributed by atoms with E-state index >= 15 is 0 Å². The average Bonchev–Trinajstić information content (AvgIpc) is 2.90. The zero-order valence-electron chi connectivity index (χ0n) is 23.2. The van der Waals surface area contributed by atoms with Gasteiger partial charge < -0.3 is 10.4 Å². The summed E-state index contributed by atoms with van der Waals surface area (Å²) < 4.78 is 103. The topological polar surface area (TPSA) is 237 Å². The standard InChI is InChI=1S/C27H27N3O11S3/c1-5-7-16-8-9-20(27(19(16)6-2)44(39,40)41)29-30-25-23(43(36,37)38)13-17-12-18(42(33,34)35)14-21(24(17)26(25)32)28-11-10-22(31)15(3)4/h5-9,12-14,28,32H,2-3,10-11H2,1,4H3,(H,33,34,35)(H,36,37,38)(H,39,40,41). The predicted octanol–water partition coefficient (Wildman–Crippen LogP) is 5.32. The van der Waals surface area contributed by atoms with Gasteiger partial charge in [0, 0.05) is 29.6 Å². The molecule has 0 amide bonds. The fourth-order valence-corrected chi connectivity index (χ4v) is 6.21. The highest BCUT2D eigenvalue weighted by atomic mass is 32.2. The molecule has 0 aliphatic heterocycles. The number of carbonyl (C=O) groups excluding carboxylic acids is 1. The molecule has 0 aromatic heterocycles. The van der Waals surface area contributed by atoms with Crippen LogP contribution in [0, 0.1) is 0 Å². The Bertz CT molecular complexity index is 2100. The van der Waals surface area contributed by atoms with Crippen LogP contribution in [0.2, 0.25) is 0 Å². The van der Waals surface area contributed by atoms with Gasteiger partial charge in [-0.2, -0.15) is 25.3 Å². The molecule has 0 unspecified atom stereocenters. The Labute approximate surface area is 253 Å². The van der Waals surface area contributed by atoms with Gasteiger partial charge in [0.1, 0.15) is 21.2 Å². The summed E-state index contributed by atoms with van der Waals surface area (Å²) in [6, 6.07) is 5.02. The minimum absolute atomic E-state index is 0.0617. The number of nitrogens with zero attached hydrogens (tertiary/aromatic N) is 2. The molecule has 0 heterocycles. The average molecular weight is 666 g/mol. The maximum atomic E-state index is 12.3. The normalized spacial score (nSPS) is 12.7. The highest BCUT2D eigenvalue weighted by Crippen LogP contribution is 2.45. The molecular weight excluding hydrogens is 639 g/mol. The summed E-state index contributed by atoms with van der Waals surface area (Å²) in [6.45, 7) is 10.1. The lowest BCUT2D eigenvalue weighted by atomic mass is 10.1. The molecule has 3 rings (SSSR count). The molecule has 0 aliphatic rings. The first-order chi connectivity index (χ1) is 20.3. The van der Waals surface area contributed by atoms with Gasteiger partial charge in [-0.05, 0) is 54.6 Å². The number of azo groups is 1. The number of phenolic OH excluding ortho intramolecular Hbond substituents is 1. The summed E-state index contributed by atoms with van der Waals surface area (Å²) in [5, 5.41) is 20.9. The molecule has 3 aromatic rings. The Morgan fingerprint density at radius 2 is 1.64 bits per heavy atom. The van der Waals surface area contributed by atoms with E-state index in [2.05, 4.69) is 28.7 Å². The van der Waals surface area contributed by atoms with Crippen LogP contribution in [0.1, 0.15) is 31.4 Å². The van der Waals surface area contributed by atoms with Crippen LogP contribution in [0.25, 0.3) is 22.9 Å². The molecule has 0 saturated heterocycles. The zero-order chi connectivity index (χ0) is 33.2. The van der Waals surface area contributed by atoms with E-state index in [0.717, 1.165) is 30.3 Å². The Hall–Kier alpha value is -4.26. The molecule has 14 nitrogen and oxygen atoms in total. The number of Topliss-reactive ketones (excluding diaryl/α,β-unsaturated/α-hetero) is 1. The van der Waals surface area contributed by atoms with Gasteiger partial charge in [0.25, 0.3) is 30.4 Å². The molecule has 0 spiro atoms. The molecule has 0 saturated carbocycles. The first-order valence-corrected chi connectivity index (χ1v) is 16.7. The number of ketones is 1. The zero-order valence-corrected chi connectivity index (χ0v) is 25.7. The summed E-state index contributed by atoms with van der Waals surface area (Å²) in [5.74, 6) is -1.30. The van der Waals surface area contributed by atoms with E-state index in [1.54, 1.807) is 13.0 Å². The molecular formula is C27H27N3O11S3. The van der Waals surface area contributed by atoms with Gasteiger partial charge in [-0.3, -0.25) is 18.5 Å². The summed E-state index contributed by atoms with van der Waals surface area (Å²) in [4.78, 5) is 9.49. The monoisotopic (exact) mass is 665 g/mol. The number of hydrogen-bond donors (Lipinski definition) is 5. The number of phenols is 1. The largest absolute Gasteiger partial charge is 0.505 e. The van der Waals surface area contributed by atoms with Gasteiger partial charge in [-0.1, -0.05) is 37.5 Å². The van der Waals surface area contributed by atoms with Gasteiger partial charge in [0.2, 0.25) is 0 Å². The second-order valence-corrected chi connectivity index (χ2v) is 13.4. The third-order valence-corrected chi connectivity index (χ3v) is 8.76. The first kappa shape index (κ1) is 34.2. The van der Waals surface area contributed by atoms with Crippen molar-refractivity contribution < 1.29 is 48.8 Å². The van der Waals surface area contributed by atoms with E-state index in [1.165, 1.54) is 19.1 Å². The van der Waals surface area contributed by atoms with Crippen molar-refractivity contribution in [2.24, 2.45) is 10.2 Å². The van der Waals surface area contributed by atoms with Gasteiger partial charge in [-0.25, -0.2) is 0 Å². The number of anilines is 1. The smallest absolute Gasteiger partial charge is 0.297 e. The van der Waals surface area contributed by atoms with Crippen molar-refractivity contribution >= 4 is 76.1 Å². The molecule has 0 fully saturated rings. The summed E-state index contributed by atoms with van der Waals surface area (Å²) in [7, 11) is -15.0. The molecule has 44 heavy (non-hydrogen) atoms. The minimum atomic E-state index is -5.21. The third-order valence-electron chi connectivity index (χ3n) is 6.12. The van der Waals surface area contributed by atoms with E-state index < -0.39 is 62.2 Å². The van der Waals surface area contributed by atoms with Crippen LogP contribution in [-0.2, 0) is 35.1 Å². The van der Waals surface area contributed by atoms with Crippen LogP contribution in [0.3, 0.4) is 0 Å². The van der Waals surface area contributed by atoms with Crippen molar-refractivity contribution in [3.8, 4) is 5.75 Å². The van der Waals surface area contributed by atoms with Gasteiger partial charge in [-0.15, -0.1) is 10.2 Å². The summed E-state index contributed by atoms with van der Waals surface area (Å²) in [6.07, 6.45) is 4.14. The lowest BCUT2D eigenvalue weighted by molar-refractivity contribution is -0.115. The summed E-state index contributed by atoms with van der Waals surface area (Å²) >= 11 is 0. The number of benzene rings is 3. The molecule has 0 radical (unpaired) electrons. The van der Waals surface area contributed by atoms with Crippen LogP contribution in [-0.4, -0.2) is 56.3 Å². The number of nitrogens with one attached hydrogen (secondary N) is 1. The van der Waals surface area contributed by atoms with Gasteiger partial charge in [0.05, 0.1) is 4.90 Å². The van der Waals surface area contributed by atoms with E-state index in [4.69, 9.17) is 0 Å². The molecule has 0 atom stereocenters. The minimum Gasteiger partial charge on any atom is -0.505 e. The molecule has 234 valence electrons. The number of aromatic hydroxyl groups is 1. The Balaban J connectivity index is 2.38. The Morgan fingerprint density at radius 3 is 2.16 bits per heavy atom. The maximum Gasteiger partial charge on any atom is 0.297 e. The van der Waals surface area contributed by atoms with E-state index in [0.29, 0.717) is 5.56 Å². The fourth-order valence-electron chi connectivity index (χ4n) is 4.16. The van der Waals surface area contributed by atoms with Crippen LogP contribution in [0.5, 0.6) is 5.75 Å². The quantitative estimate of drug-likeness (QED) is 0.0938. The number of allylic oxidation sites excluding steroid dienone is 2. The second-order valence-electron chi connectivity index (χ2n) is 9.27. The number of rotatable bonds is 12. The van der Waals surface area contributed by atoms with E-state index in [-0.39, 0.29) is 46.3 Å². The number of carbonyl (C=O) groups is 1. The molecule has 3 aromatic carbocycles. The third kappa shape index (κ3) is 7.44. The van der Waals surface area contributed by atoms with Gasteiger partial charge >= 0.3 is 0 Å². The predicted molar refractivity (Wildman–Crippen MR) is 163 cm³/mol. The Morgan fingerprint density at radius 1 is 0.977 bits per heavy atom. The van der Waals surface area contributed by atoms with Crippen molar-refractivity contribution in [1.82, 2.24) is 0 Å². The van der Waals surface area contributed by atoms with Crippen molar-refractivity contribution in [3.63, 3.8) is 0 Å². The lowest BCUT2D eigenvalue weighted by Gasteiger charge is -2.15.